The molecule has 4 rings (SSSR count). The molecule has 25 heavy (non-hydrogen) atoms. The van der Waals surface area contributed by atoms with Crippen LogP contribution in [-0.4, -0.2) is 34.6 Å². The van der Waals surface area contributed by atoms with Crippen LogP contribution in [0.15, 0.2) is 59.1 Å². The Morgan fingerprint density at radius 3 is 2.96 bits per heavy atom. The molecule has 126 valence electrons. The van der Waals surface area contributed by atoms with E-state index >= 15 is 0 Å². The largest absolute Gasteiger partial charge is 0.448 e. The zero-order valence-electron chi connectivity index (χ0n) is 13.7. The van der Waals surface area contributed by atoms with Crippen LogP contribution in [0.1, 0.15) is 12.5 Å². The molecule has 6 nitrogen and oxygen atoms in total. The molecule has 0 amide bonds. The quantitative estimate of drug-likeness (QED) is 0.761. The van der Waals surface area contributed by atoms with Gasteiger partial charge in [0.2, 0.25) is 12.0 Å². The molecule has 0 N–H and O–H groups in total. The molecule has 1 aromatic heterocycles. The lowest BCUT2D eigenvalue weighted by Gasteiger charge is -2.17. The maximum atomic E-state index is 9.49. The van der Waals surface area contributed by atoms with Crippen LogP contribution in [-0.2, 0) is 14.2 Å². The molecule has 1 aromatic rings. The van der Waals surface area contributed by atoms with Crippen molar-refractivity contribution in [1.29, 1.82) is 5.26 Å². The van der Waals surface area contributed by atoms with E-state index in [-0.39, 0.29) is 10.7 Å². The van der Waals surface area contributed by atoms with Crippen LogP contribution in [0.5, 0.6) is 0 Å². The molecule has 0 bridgehead atoms. The van der Waals surface area contributed by atoms with Gasteiger partial charge in [0.15, 0.2) is 0 Å². The molecule has 4 heterocycles. The summed E-state index contributed by atoms with van der Waals surface area (Å²) in [4.78, 5) is 8.47. The number of allylic oxidation sites excluding steroid dienone is 1. The number of nitriles is 1. The summed E-state index contributed by atoms with van der Waals surface area (Å²) in [6, 6.07) is 5.66. The van der Waals surface area contributed by atoms with E-state index < -0.39 is 12.4 Å². The summed E-state index contributed by atoms with van der Waals surface area (Å²) < 4.78 is 17.2. The van der Waals surface area contributed by atoms with E-state index in [0.29, 0.717) is 17.0 Å². The van der Waals surface area contributed by atoms with Crippen LogP contribution < -0.4 is 0 Å². The van der Waals surface area contributed by atoms with Crippen molar-refractivity contribution in [2.45, 2.75) is 24.1 Å². The monoisotopic (exact) mass is 353 g/mol. The van der Waals surface area contributed by atoms with Gasteiger partial charge in [-0.2, -0.15) is 5.26 Å². The van der Waals surface area contributed by atoms with Gasteiger partial charge in [0, 0.05) is 24.2 Å². The Balaban J connectivity index is 1.65. The fourth-order valence-corrected chi connectivity index (χ4v) is 3.06. The van der Waals surface area contributed by atoms with Crippen LogP contribution in [0.2, 0.25) is 0 Å². The molecule has 3 aliphatic heterocycles. The molecule has 0 aromatic carbocycles. The Hall–Kier alpha value is -2.72. The minimum atomic E-state index is -0.638. The highest BCUT2D eigenvalue weighted by Crippen LogP contribution is 2.41. The van der Waals surface area contributed by atoms with Crippen molar-refractivity contribution in [3.63, 3.8) is 0 Å². The number of fused-ring (bicyclic) bond motifs is 2. The van der Waals surface area contributed by atoms with Crippen LogP contribution in [0, 0.1) is 11.3 Å². The summed E-state index contributed by atoms with van der Waals surface area (Å²) in [5.41, 5.74) is 1.75. The number of thioether (sulfide) groups is 1. The van der Waals surface area contributed by atoms with Crippen LogP contribution >= 0.6 is 11.8 Å². The predicted octanol–water partition coefficient (Wildman–Crippen LogP) is 3.02. The van der Waals surface area contributed by atoms with Crippen LogP contribution in [0.4, 0.5) is 0 Å². The van der Waals surface area contributed by atoms with Crippen molar-refractivity contribution >= 4 is 23.5 Å². The average Bonchev–Trinajstić information content (AvgIpc) is 3.12. The minimum absolute atomic E-state index is 0.159. The second-order valence-corrected chi connectivity index (χ2v) is 7.19. The molecule has 0 saturated carbocycles. The molecule has 3 unspecified atom stereocenters. The van der Waals surface area contributed by atoms with E-state index in [1.165, 1.54) is 0 Å². The van der Waals surface area contributed by atoms with Gasteiger partial charge in [0.25, 0.3) is 6.29 Å². The smallest absolute Gasteiger partial charge is 0.302 e. The molecular formula is C18H15N3O3S. The van der Waals surface area contributed by atoms with Crippen molar-refractivity contribution < 1.29 is 14.2 Å². The summed E-state index contributed by atoms with van der Waals surface area (Å²) >= 11 is 1.68. The number of nitrogens with zero attached hydrogens (tertiary/aromatic N) is 3. The zero-order valence-corrected chi connectivity index (χ0v) is 14.5. The third-order valence-corrected chi connectivity index (χ3v) is 5.34. The van der Waals surface area contributed by atoms with Crippen LogP contribution in [0.3, 0.4) is 0 Å². The number of aliphatic imine (C=N–C) groups is 1. The number of aromatic nitrogens is 1. The Morgan fingerprint density at radius 2 is 2.24 bits per heavy atom. The SMILES string of the molecule is CSC1(C)C=CC2=C(N=C1)OC1O/C(=C(/C#N)c3cccnc3)OC21. The first kappa shape index (κ1) is 15.8. The van der Waals surface area contributed by atoms with E-state index in [1.807, 2.05) is 18.5 Å². The van der Waals surface area contributed by atoms with Crippen molar-refractivity contribution in [3.05, 3.63) is 59.6 Å². The van der Waals surface area contributed by atoms with Gasteiger partial charge < -0.3 is 14.2 Å². The second-order valence-electron chi connectivity index (χ2n) is 5.90. The van der Waals surface area contributed by atoms with Crippen molar-refractivity contribution in [2.75, 3.05) is 6.26 Å². The minimum Gasteiger partial charge on any atom is -0.448 e. The normalized spacial score (nSPS) is 31.2. The first-order chi connectivity index (χ1) is 12.1. The fraction of sp³-hybridized carbons (Fsp3) is 0.278. The van der Waals surface area contributed by atoms with Gasteiger partial charge in [0.05, 0.1) is 10.3 Å². The van der Waals surface area contributed by atoms with Crippen LogP contribution in [0.25, 0.3) is 5.57 Å². The standard InChI is InChI=1S/C18H15N3O3S/c1-18(25-2)6-5-12-14-17(23-15(12)21-10-18)24-16(22-14)13(8-19)11-4-3-7-20-9-11/h3-7,9-10,14,17H,1-2H3/b16-13-. The first-order valence-electron chi connectivity index (χ1n) is 7.72. The van der Waals surface area contributed by atoms with E-state index in [1.54, 1.807) is 36.3 Å². The average molecular weight is 353 g/mol. The maximum absolute atomic E-state index is 9.49. The fourth-order valence-electron chi connectivity index (χ4n) is 2.70. The number of pyridine rings is 1. The Kier molecular flexibility index (Phi) is 3.77. The topological polar surface area (TPSA) is 76.7 Å². The van der Waals surface area contributed by atoms with Gasteiger partial charge in [-0.15, -0.1) is 11.8 Å². The second kappa shape index (κ2) is 5.97. The number of rotatable bonds is 2. The lowest BCUT2D eigenvalue weighted by molar-refractivity contribution is -0.0474. The third kappa shape index (κ3) is 2.68. The maximum Gasteiger partial charge on any atom is 0.302 e. The van der Waals surface area contributed by atoms with E-state index in [2.05, 4.69) is 29.0 Å². The van der Waals surface area contributed by atoms with Gasteiger partial charge in [-0.25, -0.2) is 4.99 Å². The highest BCUT2D eigenvalue weighted by atomic mass is 32.2. The predicted molar refractivity (Wildman–Crippen MR) is 94.2 cm³/mol. The van der Waals surface area contributed by atoms with E-state index in [9.17, 15) is 5.26 Å². The van der Waals surface area contributed by atoms with Crippen molar-refractivity contribution in [1.82, 2.24) is 4.98 Å². The molecule has 3 atom stereocenters. The van der Waals surface area contributed by atoms with Crippen molar-refractivity contribution in [2.24, 2.45) is 4.99 Å². The highest BCUT2D eigenvalue weighted by Gasteiger charge is 2.47. The number of hydrogen-bond donors (Lipinski definition) is 0. The lowest BCUT2D eigenvalue weighted by Crippen LogP contribution is -2.21. The Labute approximate surface area is 149 Å². The molecule has 0 radical (unpaired) electrons. The summed E-state index contributed by atoms with van der Waals surface area (Å²) in [5.74, 6) is 0.661. The summed E-state index contributed by atoms with van der Waals surface area (Å²) in [6.45, 7) is 2.07. The summed E-state index contributed by atoms with van der Waals surface area (Å²) in [7, 11) is 0. The number of ether oxygens (including phenoxy) is 3. The van der Waals surface area contributed by atoms with Crippen molar-refractivity contribution in [3.8, 4) is 6.07 Å². The summed E-state index contributed by atoms with van der Waals surface area (Å²) in [6.07, 6.45) is 10.1. The molecule has 0 spiro atoms. The van der Waals surface area contributed by atoms with E-state index in [0.717, 1.165) is 5.57 Å². The van der Waals surface area contributed by atoms with E-state index in [4.69, 9.17) is 14.2 Å². The summed E-state index contributed by atoms with van der Waals surface area (Å²) in [5, 5.41) is 9.49. The Morgan fingerprint density at radius 1 is 1.36 bits per heavy atom. The van der Waals surface area contributed by atoms with Gasteiger partial charge in [-0.1, -0.05) is 18.2 Å². The lowest BCUT2D eigenvalue weighted by atomic mass is 10.1. The molecular weight excluding hydrogens is 338 g/mol. The molecule has 1 saturated heterocycles. The third-order valence-electron chi connectivity index (χ3n) is 4.22. The molecule has 1 fully saturated rings. The van der Waals surface area contributed by atoms with Gasteiger partial charge in [-0.05, 0) is 19.2 Å². The van der Waals surface area contributed by atoms with Gasteiger partial charge in [-0.3, -0.25) is 4.98 Å². The van der Waals surface area contributed by atoms with Gasteiger partial charge >= 0.3 is 5.95 Å². The highest BCUT2D eigenvalue weighted by molar-refractivity contribution is 8.00. The molecule has 7 heteroatoms. The first-order valence-corrected chi connectivity index (χ1v) is 8.94. The molecule has 0 aliphatic carbocycles. The number of hydrogen-bond acceptors (Lipinski definition) is 7. The van der Waals surface area contributed by atoms with Gasteiger partial charge in [0.1, 0.15) is 11.6 Å². The zero-order chi connectivity index (χ0) is 17.4. The Bertz CT molecular complexity index is 869. The molecule has 3 aliphatic rings.